The minimum absolute atomic E-state index is 0.0280. The minimum atomic E-state index is -1.05. The zero-order valence-corrected chi connectivity index (χ0v) is 21.2. The van der Waals surface area contributed by atoms with Gasteiger partial charge in [0.25, 0.3) is 0 Å². The zero-order valence-electron chi connectivity index (χ0n) is 21.2. The molecule has 0 bridgehead atoms. The van der Waals surface area contributed by atoms with Gasteiger partial charge in [-0.05, 0) is 81.1 Å². The first-order chi connectivity index (χ1) is 16.3. The molecule has 1 unspecified atom stereocenters. The summed E-state index contributed by atoms with van der Waals surface area (Å²) in [4.78, 5) is 7.44. The molecule has 1 aromatic carbocycles. The van der Waals surface area contributed by atoms with Crippen LogP contribution in [0.15, 0.2) is 24.3 Å². The van der Waals surface area contributed by atoms with Crippen LogP contribution in [0.4, 0.5) is 0 Å². The fourth-order valence-corrected chi connectivity index (χ4v) is 8.52. The van der Waals surface area contributed by atoms with E-state index in [1.807, 2.05) is 6.92 Å². The maximum atomic E-state index is 9.75. The van der Waals surface area contributed by atoms with Crippen molar-refractivity contribution in [2.24, 2.45) is 35.0 Å². The molecule has 3 heterocycles. The zero-order chi connectivity index (χ0) is 23.7. The van der Waals surface area contributed by atoms with Gasteiger partial charge in [-0.3, -0.25) is 4.90 Å². The van der Waals surface area contributed by atoms with Gasteiger partial charge in [-0.15, -0.1) is 0 Å². The number of nitrogens with zero attached hydrogens (tertiary/aromatic N) is 1. The molecule has 188 valence electrons. The van der Waals surface area contributed by atoms with Crippen molar-refractivity contribution in [1.82, 2.24) is 4.90 Å². The molecule has 9 atom stereocenters. The number of benzene rings is 1. The van der Waals surface area contributed by atoms with Crippen LogP contribution in [-0.4, -0.2) is 41.1 Å². The molecule has 0 radical (unpaired) electrons. The Morgan fingerprint density at radius 2 is 1.76 bits per heavy atom. The third kappa shape index (κ3) is 3.25. The predicted octanol–water partition coefficient (Wildman–Crippen LogP) is 5.66. The molecule has 2 aliphatic carbocycles. The second kappa shape index (κ2) is 8.17. The quantitative estimate of drug-likeness (QED) is 0.441. The van der Waals surface area contributed by atoms with Gasteiger partial charge >= 0.3 is 0 Å². The highest BCUT2D eigenvalue weighted by Gasteiger charge is 2.88. The van der Waals surface area contributed by atoms with E-state index in [2.05, 4.69) is 49.9 Å². The van der Waals surface area contributed by atoms with Crippen LogP contribution in [-0.2, 0) is 20.9 Å². The molecule has 6 heteroatoms. The van der Waals surface area contributed by atoms with Crippen LogP contribution in [0, 0.1) is 35.0 Å². The molecule has 1 N–H and O–H groups in total. The lowest BCUT2D eigenvalue weighted by molar-refractivity contribution is -0.448. The molecule has 1 spiro atoms. The third-order valence-corrected chi connectivity index (χ3v) is 10.3. The standard InChI is InChI=1S/C28H41NO5/c1-18-7-12-24-19(2)25(31-22-10-8-21(9-11-22)17-29-15-5-6-16-29)32-28-20(3)27(24,28)23(18)13-14-26(4,33-28)34-30/h8-11,18-20,23-25,30H,5-7,12-17H2,1-4H3/t18-,19-,20-,23+,24+,25+,26-,27+,28?/m1/s1. The fourth-order valence-electron chi connectivity index (χ4n) is 8.52. The summed E-state index contributed by atoms with van der Waals surface area (Å²) < 4.78 is 20.0. The Labute approximate surface area is 203 Å². The first kappa shape index (κ1) is 23.2. The second-order valence-corrected chi connectivity index (χ2v) is 12.0. The van der Waals surface area contributed by atoms with Gasteiger partial charge in [0, 0.05) is 30.2 Å². The number of ether oxygens (including phenoxy) is 3. The van der Waals surface area contributed by atoms with Crippen molar-refractivity contribution in [3.8, 4) is 5.75 Å². The van der Waals surface area contributed by atoms with Crippen molar-refractivity contribution < 1.29 is 24.4 Å². The monoisotopic (exact) mass is 471 g/mol. The van der Waals surface area contributed by atoms with E-state index in [-0.39, 0.29) is 23.5 Å². The molecular weight excluding hydrogens is 430 g/mol. The van der Waals surface area contributed by atoms with Gasteiger partial charge in [0.1, 0.15) is 5.75 Å². The Balaban J connectivity index is 1.26. The Hall–Kier alpha value is -1.18. The summed E-state index contributed by atoms with van der Waals surface area (Å²) in [6.07, 6.45) is 6.28. The minimum Gasteiger partial charge on any atom is -0.465 e. The molecule has 0 amide bonds. The summed E-state index contributed by atoms with van der Waals surface area (Å²) in [6, 6.07) is 8.52. The van der Waals surface area contributed by atoms with Crippen molar-refractivity contribution >= 4 is 0 Å². The normalized spacial score (nSPS) is 48.0. The first-order valence-electron chi connectivity index (χ1n) is 13.5. The Morgan fingerprint density at radius 1 is 1.03 bits per heavy atom. The number of hydrogen-bond donors (Lipinski definition) is 1. The van der Waals surface area contributed by atoms with Gasteiger partial charge in [0.05, 0.1) is 0 Å². The van der Waals surface area contributed by atoms with Crippen LogP contribution in [0.25, 0.3) is 0 Å². The largest absolute Gasteiger partial charge is 0.465 e. The van der Waals surface area contributed by atoms with E-state index in [1.165, 1.54) is 44.3 Å². The van der Waals surface area contributed by atoms with Gasteiger partial charge in [0.15, 0.2) is 5.79 Å². The molecule has 5 fully saturated rings. The third-order valence-electron chi connectivity index (χ3n) is 10.3. The summed E-state index contributed by atoms with van der Waals surface area (Å²) in [5, 5.41) is 9.75. The molecular formula is C28H41NO5. The molecule has 34 heavy (non-hydrogen) atoms. The topological polar surface area (TPSA) is 60.4 Å². The molecule has 6 rings (SSSR count). The first-order valence-corrected chi connectivity index (χ1v) is 13.5. The molecule has 1 aromatic rings. The van der Waals surface area contributed by atoms with Gasteiger partial charge in [-0.25, -0.2) is 10.1 Å². The lowest BCUT2D eigenvalue weighted by atomic mass is 9.58. The second-order valence-electron chi connectivity index (χ2n) is 12.0. The van der Waals surface area contributed by atoms with E-state index in [1.54, 1.807) is 0 Å². The van der Waals surface area contributed by atoms with Crippen LogP contribution in [0.2, 0.25) is 0 Å². The van der Waals surface area contributed by atoms with E-state index in [9.17, 15) is 5.26 Å². The van der Waals surface area contributed by atoms with Gasteiger partial charge in [-0.2, -0.15) is 0 Å². The Bertz CT molecular complexity index is 903. The summed E-state index contributed by atoms with van der Waals surface area (Å²) >= 11 is 0. The smallest absolute Gasteiger partial charge is 0.205 e. The van der Waals surface area contributed by atoms with Crippen molar-refractivity contribution in [3.05, 3.63) is 29.8 Å². The molecule has 5 aliphatic rings. The summed E-state index contributed by atoms with van der Waals surface area (Å²) in [5.74, 6) is 1.12. The maximum absolute atomic E-state index is 9.75. The molecule has 0 aromatic heterocycles. The Morgan fingerprint density at radius 3 is 2.47 bits per heavy atom. The van der Waals surface area contributed by atoms with Crippen LogP contribution in [0.3, 0.4) is 0 Å². The maximum Gasteiger partial charge on any atom is 0.205 e. The lowest BCUT2D eigenvalue weighted by Gasteiger charge is -2.51. The number of likely N-dealkylation sites (tertiary alicyclic amines) is 1. The van der Waals surface area contributed by atoms with E-state index in [0.717, 1.165) is 18.7 Å². The summed E-state index contributed by atoms with van der Waals surface area (Å²) in [6.45, 7) is 12.2. The van der Waals surface area contributed by atoms with Gasteiger partial charge < -0.3 is 14.2 Å². The van der Waals surface area contributed by atoms with Gasteiger partial charge in [-0.1, -0.05) is 39.3 Å². The SMILES string of the molecule is C[C@H]1[C@@H](Oc2ccc(CN3CCCC3)cc2)OC23O[C@](C)(OO)CC[C@H]4[C@H](C)CC[C@@H]1[C@]42[C@H]3C. The predicted molar refractivity (Wildman–Crippen MR) is 128 cm³/mol. The molecule has 6 nitrogen and oxygen atoms in total. The van der Waals surface area contributed by atoms with Crippen LogP contribution < -0.4 is 4.74 Å². The van der Waals surface area contributed by atoms with Gasteiger partial charge in [0.2, 0.25) is 12.1 Å². The van der Waals surface area contributed by atoms with Crippen molar-refractivity contribution in [3.63, 3.8) is 0 Å². The van der Waals surface area contributed by atoms with E-state index in [4.69, 9.17) is 19.1 Å². The average molecular weight is 472 g/mol. The fraction of sp³-hybridized carbons (Fsp3) is 0.786. The van der Waals surface area contributed by atoms with E-state index in [0.29, 0.717) is 24.2 Å². The van der Waals surface area contributed by atoms with Crippen molar-refractivity contribution in [2.45, 2.75) is 90.6 Å². The van der Waals surface area contributed by atoms with Crippen molar-refractivity contribution in [1.29, 1.82) is 0 Å². The molecule has 3 saturated heterocycles. The number of hydrogen-bond acceptors (Lipinski definition) is 6. The summed E-state index contributed by atoms with van der Waals surface area (Å²) in [7, 11) is 0. The highest BCUT2D eigenvalue weighted by molar-refractivity contribution is 5.30. The van der Waals surface area contributed by atoms with E-state index < -0.39 is 11.6 Å². The van der Waals surface area contributed by atoms with Crippen molar-refractivity contribution in [2.75, 3.05) is 13.1 Å². The van der Waals surface area contributed by atoms with Crippen LogP contribution in [0.1, 0.15) is 71.8 Å². The average Bonchev–Trinajstić information content (AvgIpc) is 3.12. The molecule has 2 saturated carbocycles. The molecule has 3 aliphatic heterocycles. The van der Waals surface area contributed by atoms with Crippen LogP contribution >= 0.6 is 0 Å². The van der Waals surface area contributed by atoms with Crippen LogP contribution in [0.5, 0.6) is 5.75 Å². The van der Waals surface area contributed by atoms with E-state index >= 15 is 0 Å². The Kier molecular flexibility index (Phi) is 5.58. The summed E-state index contributed by atoms with van der Waals surface area (Å²) in [5.41, 5.74) is 1.30. The highest BCUT2D eigenvalue weighted by Crippen LogP contribution is 2.81. The highest BCUT2D eigenvalue weighted by atomic mass is 17.2. The lowest BCUT2D eigenvalue weighted by Crippen LogP contribution is -2.55. The number of rotatable bonds is 5.